The van der Waals surface area contributed by atoms with Crippen LogP contribution in [0.25, 0.3) is 16.6 Å². The minimum absolute atomic E-state index is 0.00728. The van der Waals surface area contributed by atoms with Crippen LogP contribution in [0.4, 0.5) is 0 Å². The number of rotatable bonds is 5. The molecule has 0 aliphatic heterocycles. The topological polar surface area (TPSA) is 112 Å². The minimum atomic E-state index is -3.98. The van der Waals surface area contributed by atoms with Crippen LogP contribution in [0.2, 0.25) is 0 Å². The van der Waals surface area contributed by atoms with Crippen LogP contribution >= 0.6 is 11.6 Å². The predicted octanol–water partition coefficient (Wildman–Crippen LogP) is 4.30. The lowest BCUT2D eigenvalue weighted by Crippen LogP contribution is -2.45. The monoisotopic (exact) mass is 499 g/mol. The summed E-state index contributed by atoms with van der Waals surface area (Å²) in [5, 5.41) is 0.467. The molecule has 1 atom stereocenters. The fourth-order valence-electron chi connectivity index (χ4n) is 4.12. The van der Waals surface area contributed by atoms with Crippen molar-refractivity contribution in [3.05, 3.63) is 91.0 Å². The second-order valence-electron chi connectivity index (χ2n) is 9.19. The third kappa shape index (κ3) is 4.66. The van der Waals surface area contributed by atoms with Gasteiger partial charge < -0.3 is 9.97 Å². The molecule has 7 nitrogen and oxygen atoms in total. The maximum atomic E-state index is 13.3. The highest BCUT2D eigenvalue weighted by Gasteiger charge is 2.32. The first-order chi connectivity index (χ1) is 15.9. The number of nitrogens with one attached hydrogen (secondary N) is 3. The summed E-state index contributed by atoms with van der Waals surface area (Å²) < 4.78 is 29.4. The van der Waals surface area contributed by atoms with Gasteiger partial charge in [-0.2, -0.15) is 0 Å². The average Bonchev–Trinajstić information content (AvgIpc) is 2.74. The molecule has 0 bridgehead atoms. The number of sulfonamides is 1. The van der Waals surface area contributed by atoms with E-state index in [1.165, 1.54) is 17.7 Å². The van der Waals surface area contributed by atoms with Crippen molar-refractivity contribution in [2.45, 2.75) is 50.5 Å². The van der Waals surface area contributed by atoms with Crippen molar-refractivity contribution in [3.63, 3.8) is 0 Å². The highest BCUT2D eigenvalue weighted by Crippen LogP contribution is 2.36. The van der Waals surface area contributed by atoms with Crippen molar-refractivity contribution in [3.8, 4) is 0 Å². The normalized spacial score (nSPS) is 18.8. The van der Waals surface area contributed by atoms with Gasteiger partial charge in [0.1, 0.15) is 0 Å². The summed E-state index contributed by atoms with van der Waals surface area (Å²) in [6.07, 6.45) is 4.07. The number of hydrogen-bond donors (Lipinski definition) is 3. The number of halogens is 1. The summed E-state index contributed by atoms with van der Waals surface area (Å²) in [5.74, 6) is 0.377. The Kier molecular flexibility index (Phi) is 6.18. The lowest BCUT2D eigenvalue weighted by atomic mass is 9.88. The third-order valence-electron chi connectivity index (χ3n) is 5.97. The molecule has 34 heavy (non-hydrogen) atoms. The van der Waals surface area contributed by atoms with E-state index in [0.29, 0.717) is 28.5 Å². The van der Waals surface area contributed by atoms with Gasteiger partial charge in [-0.3, -0.25) is 9.59 Å². The molecule has 1 aliphatic rings. The van der Waals surface area contributed by atoms with Crippen molar-refractivity contribution in [2.75, 3.05) is 0 Å². The van der Waals surface area contributed by atoms with E-state index >= 15 is 0 Å². The zero-order valence-electron chi connectivity index (χ0n) is 19.3. The van der Waals surface area contributed by atoms with E-state index < -0.39 is 26.7 Å². The molecule has 0 fully saturated rings. The molecule has 9 heteroatoms. The highest BCUT2D eigenvalue weighted by molar-refractivity contribution is 7.89. The van der Waals surface area contributed by atoms with E-state index in [0.717, 1.165) is 11.1 Å². The van der Waals surface area contributed by atoms with Crippen LogP contribution in [-0.4, -0.2) is 23.9 Å². The van der Waals surface area contributed by atoms with Gasteiger partial charge in [0.25, 0.3) is 0 Å². The van der Waals surface area contributed by atoms with Crippen LogP contribution in [-0.2, 0) is 10.0 Å². The summed E-state index contributed by atoms with van der Waals surface area (Å²) in [4.78, 5) is 28.2. The van der Waals surface area contributed by atoms with Crippen molar-refractivity contribution in [1.82, 2.24) is 14.7 Å². The summed E-state index contributed by atoms with van der Waals surface area (Å²) in [7, 11) is -3.98. The summed E-state index contributed by atoms with van der Waals surface area (Å²) in [6, 6.07) is 11.0. The maximum absolute atomic E-state index is 13.3. The number of aromatic nitrogens is 2. The molecule has 3 N–H and O–H groups in total. The molecule has 0 saturated heterocycles. The Bertz CT molecular complexity index is 1580. The van der Waals surface area contributed by atoms with Gasteiger partial charge in [-0.05, 0) is 66.7 Å². The van der Waals surface area contributed by atoms with Crippen LogP contribution in [0.5, 0.6) is 0 Å². The van der Waals surface area contributed by atoms with Crippen LogP contribution in [0, 0.1) is 6.92 Å². The van der Waals surface area contributed by atoms with Crippen LogP contribution < -0.4 is 15.8 Å². The first-order valence-electron chi connectivity index (χ1n) is 10.9. The van der Waals surface area contributed by atoms with Gasteiger partial charge >= 0.3 is 11.1 Å². The highest BCUT2D eigenvalue weighted by atomic mass is 35.5. The summed E-state index contributed by atoms with van der Waals surface area (Å²) in [5.41, 5.74) is 1.47. The zero-order chi connectivity index (χ0) is 24.8. The molecule has 178 valence electrons. The molecule has 0 radical (unpaired) electrons. The van der Waals surface area contributed by atoms with Crippen molar-refractivity contribution in [1.29, 1.82) is 0 Å². The van der Waals surface area contributed by atoms with Crippen molar-refractivity contribution >= 4 is 38.2 Å². The van der Waals surface area contributed by atoms with Gasteiger partial charge in [-0.1, -0.05) is 55.8 Å². The van der Waals surface area contributed by atoms with Crippen LogP contribution in [0.1, 0.15) is 49.8 Å². The number of hydrogen-bond acceptors (Lipinski definition) is 4. The first-order valence-corrected chi connectivity index (χ1v) is 12.7. The Morgan fingerprint density at radius 3 is 2.32 bits per heavy atom. The lowest BCUT2D eigenvalue weighted by molar-refractivity contribution is 0.499. The van der Waals surface area contributed by atoms with E-state index in [1.54, 1.807) is 19.9 Å². The number of aromatic amines is 2. The molecule has 2 aromatic carbocycles. The SMILES string of the molecule is Cc1cc2[nH]c(=O)c(=O)[nH]c2cc1S(=O)(=O)NC1(C)C=C(Cl)C(c2cccc(C(C)C)c2)=CC1. The molecular formula is C25H26ClN3O4S. The maximum Gasteiger partial charge on any atom is 0.314 e. The standard InChI is InChI=1S/C25H26ClN3O4S/c1-14(2)16-6-5-7-17(11-16)18-8-9-25(4,13-19(18)26)29-34(32,33)22-12-21-20(10-15(22)3)27-23(30)24(31)28-21/h5-8,10-14,29H,9H2,1-4H3,(H,27,30)(H,28,31). The predicted molar refractivity (Wildman–Crippen MR) is 136 cm³/mol. The number of allylic oxidation sites excluding steroid dienone is 2. The van der Waals surface area contributed by atoms with Gasteiger partial charge in [0.15, 0.2) is 0 Å². The van der Waals surface area contributed by atoms with Crippen molar-refractivity contribution < 1.29 is 8.42 Å². The number of H-pyrrole nitrogens is 2. The second-order valence-corrected chi connectivity index (χ2v) is 11.2. The van der Waals surface area contributed by atoms with Gasteiger partial charge in [-0.15, -0.1) is 0 Å². The largest absolute Gasteiger partial charge is 0.316 e. The van der Waals surface area contributed by atoms with E-state index in [2.05, 4.69) is 40.7 Å². The Morgan fingerprint density at radius 1 is 1.06 bits per heavy atom. The molecule has 1 unspecified atom stereocenters. The summed E-state index contributed by atoms with van der Waals surface area (Å²) in [6.45, 7) is 7.64. The second kappa shape index (κ2) is 8.69. The van der Waals surface area contributed by atoms with Gasteiger partial charge in [0.2, 0.25) is 10.0 Å². The Hall–Kier alpha value is -2.94. The zero-order valence-corrected chi connectivity index (χ0v) is 20.9. The molecule has 1 aromatic heterocycles. The molecular weight excluding hydrogens is 474 g/mol. The smallest absolute Gasteiger partial charge is 0.314 e. The average molecular weight is 500 g/mol. The fourth-order valence-corrected chi connectivity index (χ4v) is 6.17. The summed E-state index contributed by atoms with van der Waals surface area (Å²) >= 11 is 6.63. The molecule has 0 spiro atoms. The number of benzene rings is 2. The molecule has 0 amide bonds. The van der Waals surface area contributed by atoms with E-state index in [-0.39, 0.29) is 10.4 Å². The third-order valence-corrected chi connectivity index (χ3v) is 8.04. The van der Waals surface area contributed by atoms with Crippen LogP contribution in [0.3, 0.4) is 0 Å². The first kappa shape index (κ1) is 24.2. The van der Waals surface area contributed by atoms with Gasteiger partial charge in [0.05, 0.1) is 21.5 Å². The fraction of sp³-hybridized carbons (Fsp3) is 0.280. The number of fused-ring (bicyclic) bond motifs is 1. The molecule has 1 aliphatic carbocycles. The van der Waals surface area contributed by atoms with Gasteiger partial charge in [-0.25, -0.2) is 13.1 Å². The Balaban J connectivity index is 1.66. The number of aryl methyl sites for hydroxylation is 1. The van der Waals surface area contributed by atoms with Gasteiger partial charge in [0, 0.05) is 5.03 Å². The molecule has 3 aromatic rings. The quantitative estimate of drug-likeness (QED) is 0.454. The van der Waals surface area contributed by atoms with E-state index in [1.807, 2.05) is 18.2 Å². The van der Waals surface area contributed by atoms with E-state index in [9.17, 15) is 18.0 Å². The lowest BCUT2D eigenvalue weighted by Gasteiger charge is -2.31. The van der Waals surface area contributed by atoms with Crippen molar-refractivity contribution in [2.24, 2.45) is 0 Å². The van der Waals surface area contributed by atoms with E-state index in [4.69, 9.17) is 11.6 Å². The Labute approximate surface area is 202 Å². The minimum Gasteiger partial charge on any atom is -0.316 e. The molecule has 4 rings (SSSR count). The molecule has 0 saturated carbocycles. The van der Waals surface area contributed by atoms with Crippen LogP contribution in [0.15, 0.2) is 68.1 Å². The molecule has 1 heterocycles. The Morgan fingerprint density at radius 2 is 1.71 bits per heavy atom.